The van der Waals surface area contributed by atoms with E-state index in [1.54, 1.807) is 6.07 Å². The average molecular weight is 284 g/mol. The molecule has 2 nitrogen and oxygen atoms in total. The topological polar surface area (TPSA) is 30.2 Å². The van der Waals surface area contributed by atoms with Gasteiger partial charge in [0.15, 0.2) is 0 Å². The SMILES string of the molecule is CCC1=CC(CC)C(=S)c2c1oc1ccccc1c2=O. The van der Waals surface area contributed by atoms with Crippen LogP contribution in [0.5, 0.6) is 0 Å². The van der Waals surface area contributed by atoms with Crippen molar-refractivity contribution in [3.8, 4) is 0 Å². The molecule has 0 amide bonds. The van der Waals surface area contributed by atoms with Crippen molar-refractivity contribution in [2.45, 2.75) is 26.7 Å². The van der Waals surface area contributed by atoms with Gasteiger partial charge in [0.25, 0.3) is 0 Å². The molecule has 20 heavy (non-hydrogen) atoms. The van der Waals surface area contributed by atoms with E-state index in [0.717, 1.165) is 23.3 Å². The molecule has 0 saturated heterocycles. The van der Waals surface area contributed by atoms with Crippen LogP contribution in [-0.2, 0) is 0 Å². The predicted octanol–water partition coefficient (Wildman–Crippen LogP) is 4.34. The summed E-state index contributed by atoms with van der Waals surface area (Å²) >= 11 is 5.53. The highest BCUT2D eigenvalue weighted by atomic mass is 32.1. The van der Waals surface area contributed by atoms with Gasteiger partial charge in [-0.3, -0.25) is 4.79 Å². The molecule has 3 rings (SSSR count). The van der Waals surface area contributed by atoms with E-state index >= 15 is 0 Å². The van der Waals surface area contributed by atoms with E-state index in [1.165, 1.54) is 0 Å². The molecule has 0 bridgehead atoms. The molecular formula is C17H16O2S. The summed E-state index contributed by atoms with van der Waals surface area (Å²) in [4.78, 5) is 13.5. The van der Waals surface area contributed by atoms with Gasteiger partial charge in [0.05, 0.1) is 10.9 Å². The quantitative estimate of drug-likeness (QED) is 0.768. The maximum atomic E-state index is 12.7. The number of hydrogen-bond donors (Lipinski definition) is 0. The highest BCUT2D eigenvalue weighted by molar-refractivity contribution is 7.80. The van der Waals surface area contributed by atoms with Gasteiger partial charge in [-0.2, -0.15) is 0 Å². The van der Waals surface area contributed by atoms with Crippen LogP contribution in [0.25, 0.3) is 16.5 Å². The fraction of sp³-hybridized carbons (Fsp3) is 0.294. The zero-order valence-electron chi connectivity index (χ0n) is 11.6. The Morgan fingerprint density at radius 2 is 2.00 bits per heavy atom. The standard InChI is InChI=1S/C17H16O2S/c1-3-10-9-11(4-2)17(20)14-15(18)12-7-5-6-8-13(12)19-16(10)14/h5-9,11H,3-4H2,1-2H3. The summed E-state index contributed by atoms with van der Waals surface area (Å²) in [5, 5.41) is 0.612. The highest BCUT2D eigenvalue weighted by Crippen LogP contribution is 2.33. The smallest absolute Gasteiger partial charge is 0.201 e. The Kier molecular flexibility index (Phi) is 3.30. The number of rotatable bonds is 2. The van der Waals surface area contributed by atoms with Crippen molar-refractivity contribution < 1.29 is 4.42 Å². The normalized spacial score (nSPS) is 18.0. The lowest BCUT2D eigenvalue weighted by Crippen LogP contribution is -2.25. The summed E-state index contributed by atoms with van der Waals surface area (Å²) in [6.45, 7) is 4.17. The first-order chi connectivity index (χ1) is 9.67. The lowest BCUT2D eigenvalue weighted by Gasteiger charge is -2.22. The van der Waals surface area contributed by atoms with Crippen molar-refractivity contribution in [3.63, 3.8) is 0 Å². The Bertz CT molecular complexity index is 783. The Balaban J connectivity index is 2.40. The zero-order chi connectivity index (χ0) is 14.3. The van der Waals surface area contributed by atoms with E-state index in [9.17, 15) is 4.79 Å². The fourth-order valence-corrected chi connectivity index (χ4v) is 3.17. The molecule has 1 aliphatic carbocycles. The van der Waals surface area contributed by atoms with Gasteiger partial charge in [0, 0.05) is 10.8 Å². The Labute approximate surface area is 123 Å². The molecule has 1 heterocycles. The number of para-hydroxylation sites is 1. The minimum atomic E-state index is 0.00403. The van der Waals surface area contributed by atoms with Gasteiger partial charge in [0.2, 0.25) is 5.43 Å². The van der Waals surface area contributed by atoms with Crippen LogP contribution in [0, 0.1) is 5.92 Å². The molecule has 1 aliphatic rings. The Hall–Kier alpha value is -1.74. The van der Waals surface area contributed by atoms with E-state index in [2.05, 4.69) is 19.9 Å². The number of thiocarbonyl (C=S) groups is 1. The van der Waals surface area contributed by atoms with Gasteiger partial charge in [-0.25, -0.2) is 0 Å². The molecule has 0 aliphatic heterocycles. The van der Waals surface area contributed by atoms with Crippen molar-refractivity contribution in [1.82, 2.24) is 0 Å². The molecule has 0 spiro atoms. The van der Waals surface area contributed by atoms with Crippen molar-refractivity contribution in [1.29, 1.82) is 0 Å². The van der Waals surface area contributed by atoms with Crippen molar-refractivity contribution in [2.24, 2.45) is 5.92 Å². The molecule has 0 saturated carbocycles. The number of benzene rings is 1. The summed E-state index contributed by atoms with van der Waals surface area (Å²) in [5.41, 5.74) is 2.32. The van der Waals surface area contributed by atoms with Crippen molar-refractivity contribution in [2.75, 3.05) is 0 Å². The minimum absolute atomic E-state index is 0.00403. The first kappa shape index (κ1) is 13.3. The zero-order valence-corrected chi connectivity index (χ0v) is 12.4. The van der Waals surface area contributed by atoms with Crippen molar-refractivity contribution >= 4 is 33.6 Å². The van der Waals surface area contributed by atoms with Crippen LogP contribution in [0.4, 0.5) is 0 Å². The third kappa shape index (κ3) is 1.85. The lowest BCUT2D eigenvalue weighted by atomic mass is 9.85. The van der Waals surface area contributed by atoms with E-state index in [-0.39, 0.29) is 11.3 Å². The number of allylic oxidation sites excluding steroid dienone is 2. The summed E-state index contributed by atoms with van der Waals surface area (Å²) < 4.78 is 5.98. The molecule has 1 unspecified atom stereocenters. The van der Waals surface area contributed by atoms with Crippen LogP contribution in [0.3, 0.4) is 0 Å². The van der Waals surface area contributed by atoms with Gasteiger partial charge in [-0.1, -0.05) is 44.3 Å². The molecule has 0 radical (unpaired) electrons. The minimum Gasteiger partial charge on any atom is -0.455 e. The van der Waals surface area contributed by atoms with E-state index in [1.807, 2.05) is 18.2 Å². The number of hydrogen-bond acceptors (Lipinski definition) is 3. The third-order valence-electron chi connectivity index (χ3n) is 3.90. The Morgan fingerprint density at radius 1 is 1.25 bits per heavy atom. The molecule has 1 atom stereocenters. The van der Waals surface area contributed by atoms with Gasteiger partial charge in [-0.15, -0.1) is 0 Å². The molecular weight excluding hydrogens is 268 g/mol. The molecule has 0 N–H and O–H groups in total. The van der Waals surface area contributed by atoms with E-state index < -0.39 is 0 Å². The molecule has 0 fully saturated rings. The second-order valence-electron chi connectivity index (χ2n) is 5.06. The predicted molar refractivity (Wildman–Crippen MR) is 86.2 cm³/mol. The summed E-state index contributed by atoms with van der Waals surface area (Å²) in [5.74, 6) is 0.836. The van der Waals surface area contributed by atoms with Gasteiger partial charge in [-0.05, 0) is 30.5 Å². The van der Waals surface area contributed by atoms with Crippen LogP contribution in [0.15, 0.2) is 39.6 Å². The maximum absolute atomic E-state index is 12.7. The summed E-state index contributed by atoms with van der Waals surface area (Å²) in [6.07, 6.45) is 3.91. The van der Waals surface area contributed by atoms with E-state index in [4.69, 9.17) is 16.6 Å². The van der Waals surface area contributed by atoms with E-state index in [0.29, 0.717) is 22.3 Å². The summed E-state index contributed by atoms with van der Waals surface area (Å²) in [7, 11) is 0. The van der Waals surface area contributed by atoms with Crippen LogP contribution in [0.1, 0.15) is 38.0 Å². The monoisotopic (exact) mass is 284 g/mol. The molecule has 102 valence electrons. The largest absolute Gasteiger partial charge is 0.455 e. The number of fused-ring (bicyclic) bond motifs is 2. The summed E-state index contributed by atoms with van der Waals surface area (Å²) in [6, 6.07) is 7.36. The average Bonchev–Trinajstić information content (AvgIpc) is 2.48. The van der Waals surface area contributed by atoms with Gasteiger partial charge >= 0.3 is 0 Å². The molecule has 1 aromatic carbocycles. The van der Waals surface area contributed by atoms with Crippen LogP contribution >= 0.6 is 12.2 Å². The first-order valence-electron chi connectivity index (χ1n) is 6.98. The van der Waals surface area contributed by atoms with Gasteiger partial charge in [0.1, 0.15) is 11.3 Å². The third-order valence-corrected chi connectivity index (χ3v) is 4.40. The molecule has 2 aromatic rings. The lowest BCUT2D eigenvalue weighted by molar-refractivity contribution is 0.577. The second kappa shape index (κ2) is 4.98. The van der Waals surface area contributed by atoms with Crippen molar-refractivity contribution in [3.05, 3.63) is 51.9 Å². The maximum Gasteiger partial charge on any atom is 0.201 e. The first-order valence-corrected chi connectivity index (χ1v) is 7.39. The fourth-order valence-electron chi connectivity index (χ4n) is 2.75. The molecule has 3 heteroatoms. The van der Waals surface area contributed by atoms with Crippen LogP contribution in [-0.4, -0.2) is 4.86 Å². The Morgan fingerprint density at radius 3 is 2.70 bits per heavy atom. The highest BCUT2D eigenvalue weighted by Gasteiger charge is 2.28. The van der Waals surface area contributed by atoms with Crippen LogP contribution in [0.2, 0.25) is 0 Å². The second-order valence-corrected chi connectivity index (χ2v) is 5.50. The van der Waals surface area contributed by atoms with Gasteiger partial charge < -0.3 is 4.42 Å². The van der Waals surface area contributed by atoms with Crippen LogP contribution < -0.4 is 5.43 Å². The molecule has 1 aromatic heterocycles.